The van der Waals surface area contributed by atoms with E-state index in [1.807, 2.05) is 0 Å². The van der Waals surface area contributed by atoms with Crippen molar-refractivity contribution in [2.24, 2.45) is 0 Å². The lowest BCUT2D eigenvalue weighted by Crippen LogP contribution is -2.34. The molecule has 52 heavy (non-hydrogen) atoms. The van der Waals surface area contributed by atoms with Gasteiger partial charge in [0.2, 0.25) is 0 Å². The second kappa shape index (κ2) is 13.3. The summed E-state index contributed by atoms with van der Waals surface area (Å²) in [5.74, 6) is 0. The van der Waals surface area contributed by atoms with E-state index in [9.17, 15) is 0 Å². The summed E-state index contributed by atoms with van der Waals surface area (Å²) in [6.45, 7) is 4.90. The van der Waals surface area contributed by atoms with Gasteiger partial charge in [0.05, 0.1) is 0 Å². The molecule has 10 rings (SSSR count). The van der Waals surface area contributed by atoms with E-state index >= 15 is 0 Å². The highest BCUT2D eigenvalue weighted by atomic mass is 15.1. The Bertz CT molecular complexity index is 2210. The summed E-state index contributed by atoms with van der Waals surface area (Å²) in [6.07, 6.45) is 23.6. The second-order valence-corrected chi connectivity index (χ2v) is 15.5. The number of fused-ring (bicyclic) bond motifs is 2. The first-order chi connectivity index (χ1) is 25.7. The minimum Gasteiger partial charge on any atom is -0.371 e. The molecule has 4 aliphatic rings. The third kappa shape index (κ3) is 6.15. The smallest absolute Gasteiger partial charge is 0.0431 e. The van der Waals surface area contributed by atoms with E-state index in [1.165, 1.54) is 132 Å². The summed E-state index contributed by atoms with van der Waals surface area (Å²) in [6, 6.07) is 36.9. The van der Waals surface area contributed by atoms with E-state index < -0.39 is 0 Å². The van der Waals surface area contributed by atoms with Crippen molar-refractivity contribution in [1.82, 2.24) is 0 Å². The van der Waals surface area contributed by atoms with Gasteiger partial charge in [-0.1, -0.05) is 85.0 Å². The van der Waals surface area contributed by atoms with Crippen LogP contribution in [0, 0.1) is 0 Å². The maximum Gasteiger partial charge on any atom is 0.0431 e. The summed E-state index contributed by atoms with van der Waals surface area (Å²) < 4.78 is 0. The minimum atomic E-state index is 1.21. The highest BCUT2D eigenvalue weighted by Crippen LogP contribution is 2.38. The highest BCUT2D eigenvalue weighted by Gasteiger charge is 2.25. The Morgan fingerprint density at radius 1 is 0.308 bits per heavy atom. The van der Waals surface area contributed by atoms with Crippen LogP contribution < -0.4 is 9.80 Å². The van der Waals surface area contributed by atoms with Gasteiger partial charge in [-0.05, 0) is 177 Å². The van der Waals surface area contributed by atoms with E-state index in [0.29, 0.717) is 0 Å². The average Bonchev–Trinajstić information content (AvgIpc) is 3.18. The van der Waals surface area contributed by atoms with Crippen LogP contribution in [0.15, 0.2) is 97.1 Å². The first kappa shape index (κ1) is 31.4. The molecule has 0 aliphatic carbocycles. The van der Waals surface area contributed by atoms with Crippen molar-refractivity contribution >= 4 is 69.4 Å². The molecule has 0 radical (unpaired) electrons. The summed E-state index contributed by atoms with van der Waals surface area (Å²) in [5.41, 5.74) is 16.9. The fourth-order valence-electron chi connectivity index (χ4n) is 9.41. The van der Waals surface area contributed by atoms with Gasteiger partial charge in [0, 0.05) is 37.6 Å². The first-order valence-electron chi connectivity index (χ1n) is 19.6. The molecular formula is C50H46N2. The molecule has 4 heterocycles. The van der Waals surface area contributed by atoms with Gasteiger partial charge in [0.15, 0.2) is 0 Å². The number of hydrogen-bond acceptors (Lipinski definition) is 2. The Balaban J connectivity index is 0.824. The number of nitrogens with zero attached hydrogens (tertiary/aromatic N) is 2. The van der Waals surface area contributed by atoms with Crippen molar-refractivity contribution in [3.05, 3.63) is 153 Å². The lowest BCUT2D eigenvalue weighted by atomic mass is 9.90. The largest absolute Gasteiger partial charge is 0.371 e. The van der Waals surface area contributed by atoms with Crippen LogP contribution in [0.4, 0.5) is 11.4 Å². The number of hydrogen-bond donors (Lipinski definition) is 0. The maximum atomic E-state index is 2.62. The molecule has 0 amide bonds. The zero-order valence-corrected chi connectivity index (χ0v) is 30.1. The van der Waals surface area contributed by atoms with Gasteiger partial charge in [-0.3, -0.25) is 0 Å². The molecule has 0 aromatic heterocycles. The third-order valence-electron chi connectivity index (χ3n) is 11.9. The molecule has 0 fully saturated rings. The Morgan fingerprint density at radius 3 is 0.865 bits per heavy atom. The molecule has 0 saturated heterocycles. The van der Waals surface area contributed by atoms with E-state index in [4.69, 9.17) is 0 Å². The van der Waals surface area contributed by atoms with E-state index in [1.54, 1.807) is 33.6 Å². The molecule has 4 aliphatic heterocycles. The molecule has 6 aromatic rings. The molecular weight excluding hydrogens is 629 g/mol. The SMILES string of the molecule is C(=Cc1ccc2cc(C=Cc3ccc4cc(C=Cc5cc6c7c(c5)CCCN7CCC6)ccc4c3)ccc2c1)c1cc2c3c(c1)CCCN3CCC2. The van der Waals surface area contributed by atoms with Crippen LogP contribution in [0.1, 0.15) is 81.3 Å². The van der Waals surface area contributed by atoms with E-state index in [2.05, 4.69) is 143 Å². The quantitative estimate of drug-likeness (QED) is 0.162. The summed E-state index contributed by atoms with van der Waals surface area (Å²) in [4.78, 5) is 5.23. The van der Waals surface area contributed by atoms with Gasteiger partial charge < -0.3 is 9.80 Å². The lowest BCUT2D eigenvalue weighted by molar-refractivity contribution is 0.634. The van der Waals surface area contributed by atoms with Gasteiger partial charge in [-0.25, -0.2) is 0 Å². The molecule has 0 atom stereocenters. The van der Waals surface area contributed by atoms with E-state index in [-0.39, 0.29) is 0 Å². The molecule has 0 N–H and O–H groups in total. The standard InChI is InChI=1S/C50H46N2/c1-5-45-31-39(32-46-6-2-24-51(23-1)49(45)46)13-11-37-17-21-41-27-35(15-19-43(41)29-37)9-10-36-16-20-44-30-38(18-22-42(44)28-36)12-14-40-33-47-7-3-25-52-26-4-8-48(34-40)50(47)52/h9-22,27-34H,1-8,23-26H2. The lowest BCUT2D eigenvalue weighted by Gasteiger charge is -2.37. The number of benzene rings is 6. The zero-order chi connectivity index (χ0) is 34.4. The Morgan fingerprint density at radius 2 is 0.577 bits per heavy atom. The van der Waals surface area contributed by atoms with Crippen molar-refractivity contribution in [2.75, 3.05) is 36.0 Å². The number of rotatable bonds is 6. The fraction of sp³-hybridized carbons (Fsp3) is 0.240. The molecule has 256 valence electrons. The van der Waals surface area contributed by atoms with Gasteiger partial charge >= 0.3 is 0 Å². The van der Waals surface area contributed by atoms with Gasteiger partial charge in [0.25, 0.3) is 0 Å². The van der Waals surface area contributed by atoms with Crippen LogP contribution >= 0.6 is 0 Å². The Hall–Kier alpha value is -5.34. The molecule has 0 spiro atoms. The Kier molecular flexibility index (Phi) is 8.05. The van der Waals surface area contributed by atoms with Crippen LogP contribution in [0.3, 0.4) is 0 Å². The predicted molar refractivity (Wildman–Crippen MR) is 225 cm³/mol. The maximum absolute atomic E-state index is 2.62. The average molecular weight is 675 g/mol. The van der Waals surface area contributed by atoms with Crippen LogP contribution in [-0.4, -0.2) is 26.2 Å². The summed E-state index contributed by atoms with van der Waals surface area (Å²) in [5, 5.41) is 5.10. The molecule has 2 nitrogen and oxygen atoms in total. The number of anilines is 2. The summed E-state index contributed by atoms with van der Waals surface area (Å²) in [7, 11) is 0. The highest BCUT2D eigenvalue weighted by molar-refractivity contribution is 5.91. The minimum absolute atomic E-state index is 1.21. The second-order valence-electron chi connectivity index (χ2n) is 15.5. The van der Waals surface area contributed by atoms with Crippen LogP contribution in [-0.2, 0) is 25.7 Å². The molecule has 0 bridgehead atoms. The van der Waals surface area contributed by atoms with Gasteiger partial charge in [0.1, 0.15) is 0 Å². The van der Waals surface area contributed by atoms with Gasteiger partial charge in [-0.2, -0.15) is 0 Å². The fourth-order valence-corrected chi connectivity index (χ4v) is 9.41. The van der Waals surface area contributed by atoms with Crippen molar-refractivity contribution in [2.45, 2.75) is 51.4 Å². The van der Waals surface area contributed by atoms with Crippen LogP contribution in [0.25, 0.3) is 58.0 Å². The zero-order valence-electron chi connectivity index (χ0n) is 30.1. The molecule has 0 unspecified atom stereocenters. The molecule has 0 saturated carbocycles. The number of aryl methyl sites for hydroxylation is 4. The van der Waals surface area contributed by atoms with Crippen molar-refractivity contribution in [3.8, 4) is 0 Å². The molecule has 6 aromatic carbocycles. The normalized spacial score (nSPS) is 16.8. The first-order valence-corrected chi connectivity index (χ1v) is 19.6. The Labute approximate surface area is 308 Å². The monoisotopic (exact) mass is 674 g/mol. The van der Waals surface area contributed by atoms with Crippen LogP contribution in [0.2, 0.25) is 0 Å². The molecule has 2 heteroatoms. The summed E-state index contributed by atoms with van der Waals surface area (Å²) >= 11 is 0. The predicted octanol–water partition coefficient (Wildman–Crippen LogP) is 11.9. The van der Waals surface area contributed by atoms with Gasteiger partial charge in [-0.15, -0.1) is 0 Å². The van der Waals surface area contributed by atoms with E-state index in [0.717, 1.165) is 0 Å². The van der Waals surface area contributed by atoms with Crippen molar-refractivity contribution in [1.29, 1.82) is 0 Å². The van der Waals surface area contributed by atoms with Crippen molar-refractivity contribution in [3.63, 3.8) is 0 Å². The topological polar surface area (TPSA) is 6.48 Å². The third-order valence-corrected chi connectivity index (χ3v) is 11.9. The van der Waals surface area contributed by atoms with Crippen molar-refractivity contribution < 1.29 is 0 Å². The van der Waals surface area contributed by atoms with Crippen LogP contribution in [0.5, 0.6) is 0 Å².